The van der Waals surface area contributed by atoms with Crippen LogP contribution >= 0.6 is 10.7 Å². The van der Waals surface area contributed by atoms with Crippen molar-refractivity contribution in [3.8, 4) is 5.75 Å². The molecule has 0 unspecified atom stereocenters. The first-order chi connectivity index (χ1) is 6.36. The van der Waals surface area contributed by atoms with Crippen LogP contribution in [0.15, 0.2) is 17.0 Å². The summed E-state index contributed by atoms with van der Waals surface area (Å²) in [5, 5.41) is 0. The molecular formula is C7H5ClF2O3S. The quantitative estimate of drug-likeness (QED) is 0.744. The van der Waals surface area contributed by atoms with Crippen molar-refractivity contribution in [1.29, 1.82) is 0 Å². The minimum Gasteiger partial charge on any atom is -0.495 e. The SMILES string of the molecule is COc1cc(F)c(F)cc1S(=O)(=O)Cl. The zero-order valence-corrected chi connectivity index (χ0v) is 8.49. The minimum atomic E-state index is -4.14. The lowest BCUT2D eigenvalue weighted by Gasteiger charge is -2.05. The highest BCUT2D eigenvalue weighted by Crippen LogP contribution is 2.28. The molecule has 0 saturated heterocycles. The molecule has 0 aliphatic heterocycles. The zero-order chi connectivity index (χ0) is 10.9. The van der Waals surface area contributed by atoms with Gasteiger partial charge in [-0.15, -0.1) is 0 Å². The van der Waals surface area contributed by atoms with Crippen LogP contribution in [-0.2, 0) is 9.05 Å². The third-order valence-electron chi connectivity index (χ3n) is 1.47. The molecule has 7 heteroatoms. The molecule has 0 N–H and O–H groups in total. The van der Waals surface area contributed by atoms with Crippen LogP contribution in [0, 0.1) is 11.6 Å². The topological polar surface area (TPSA) is 43.4 Å². The van der Waals surface area contributed by atoms with E-state index in [1.165, 1.54) is 0 Å². The Balaban J connectivity index is 3.51. The van der Waals surface area contributed by atoms with Crippen molar-refractivity contribution in [1.82, 2.24) is 0 Å². The average molecular weight is 243 g/mol. The number of halogens is 3. The maximum absolute atomic E-state index is 12.7. The summed E-state index contributed by atoms with van der Waals surface area (Å²) in [7, 11) is 1.95. The Labute approximate surface area is 83.7 Å². The Kier molecular flexibility index (Phi) is 2.96. The highest BCUT2D eigenvalue weighted by molar-refractivity contribution is 8.13. The van der Waals surface area contributed by atoms with E-state index in [0.29, 0.717) is 12.1 Å². The van der Waals surface area contributed by atoms with E-state index in [4.69, 9.17) is 10.7 Å². The van der Waals surface area contributed by atoms with Gasteiger partial charge in [-0.2, -0.15) is 0 Å². The molecule has 0 heterocycles. The number of hydrogen-bond donors (Lipinski definition) is 0. The molecule has 0 aliphatic carbocycles. The number of ether oxygens (including phenoxy) is 1. The van der Waals surface area contributed by atoms with E-state index in [-0.39, 0.29) is 5.75 Å². The number of benzene rings is 1. The molecule has 0 aromatic heterocycles. The first-order valence-corrected chi connectivity index (χ1v) is 5.65. The summed E-state index contributed by atoms with van der Waals surface area (Å²) in [6.07, 6.45) is 0. The van der Waals surface area contributed by atoms with E-state index in [1.807, 2.05) is 0 Å². The summed E-state index contributed by atoms with van der Waals surface area (Å²) in [4.78, 5) is -0.597. The summed E-state index contributed by atoms with van der Waals surface area (Å²) in [5.41, 5.74) is 0. The summed E-state index contributed by atoms with van der Waals surface area (Å²) in [5.74, 6) is -2.84. The second kappa shape index (κ2) is 3.70. The molecule has 3 nitrogen and oxygen atoms in total. The first-order valence-electron chi connectivity index (χ1n) is 3.34. The van der Waals surface area contributed by atoms with Gasteiger partial charge < -0.3 is 4.74 Å². The second-order valence-electron chi connectivity index (χ2n) is 2.36. The summed E-state index contributed by atoms with van der Waals surface area (Å²) < 4.78 is 51.6. The van der Waals surface area contributed by atoms with E-state index in [0.717, 1.165) is 7.11 Å². The van der Waals surface area contributed by atoms with E-state index in [2.05, 4.69) is 4.74 Å². The maximum atomic E-state index is 12.7. The lowest BCUT2D eigenvalue weighted by Crippen LogP contribution is -1.99. The Hall–Kier alpha value is -0.880. The van der Waals surface area contributed by atoms with Gasteiger partial charge in [0.15, 0.2) is 11.6 Å². The van der Waals surface area contributed by atoms with Gasteiger partial charge in [0.2, 0.25) is 0 Å². The van der Waals surface area contributed by atoms with Crippen molar-refractivity contribution >= 4 is 19.7 Å². The van der Waals surface area contributed by atoms with Gasteiger partial charge in [0, 0.05) is 22.8 Å². The van der Waals surface area contributed by atoms with Crippen molar-refractivity contribution in [3.05, 3.63) is 23.8 Å². The third-order valence-corrected chi connectivity index (χ3v) is 2.81. The monoisotopic (exact) mass is 242 g/mol. The van der Waals surface area contributed by atoms with Crippen LogP contribution in [0.2, 0.25) is 0 Å². The number of hydrogen-bond acceptors (Lipinski definition) is 3. The highest BCUT2D eigenvalue weighted by atomic mass is 35.7. The molecule has 0 atom stereocenters. The molecule has 0 radical (unpaired) electrons. The second-order valence-corrected chi connectivity index (χ2v) is 4.89. The van der Waals surface area contributed by atoms with Crippen molar-refractivity contribution in [3.63, 3.8) is 0 Å². The van der Waals surface area contributed by atoms with E-state index >= 15 is 0 Å². The Morgan fingerprint density at radius 3 is 2.21 bits per heavy atom. The Morgan fingerprint density at radius 1 is 1.29 bits per heavy atom. The van der Waals surface area contributed by atoms with Crippen LogP contribution in [0.1, 0.15) is 0 Å². The fourth-order valence-corrected chi connectivity index (χ4v) is 1.85. The molecule has 0 saturated carbocycles. The van der Waals surface area contributed by atoms with E-state index < -0.39 is 25.6 Å². The smallest absolute Gasteiger partial charge is 0.265 e. The summed E-state index contributed by atoms with van der Waals surface area (Å²) in [6.45, 7) is 0. The standard InChI is InChI=1S/C7H5ClF2O3S/c1-13-6-2-4(9)5(10)3-7(6)14(8,11)12/h2-3H,1H3. The summed E-state index contributed by atoms with van der Waals surface area (Å²) in [6, 6.07) is 1.08. The molecular weight excluding hydrogens is 238 g/mol. The largest absolute Gasteiger partial charge is 0.495 e. The lowest BCUT2D eigenvalue weighted by molar-refractivity contribution is 0.393. The van der Waals surface area contributed by atoms with Crippen LogP contribution in [0.25, 0.3) is 0 Å². The molecule has 0 aliphatic rings. The Bertz CT molecular complexity index is 458. The fourth-order valence-electron chi connectivity index (χ4n) is 0.860. The van der Waals surface area contributed by atoms with Gasteiger partial charge in [-0.05, 0) is 0 Å². The van der Waals surface area contributed by atoms with E-state index in [1.54, 1.807) is 0 Å². The normalized spacial score (nSPS) is 11.4. The predicted molar refractivity (Wildman–Crippen MR) is 45.9 cm³/mol. The van der Waals surface area contributed by atoms with Gasteiger partial charge in [-0.3, -0.25) is 0 Å². The fraction of sp³-hybridized carbons (Fsp3) is 0.143. The van der Waals surface area contributed by atoms with Gasteiger partial charge in [-0.1, -0.05) is 0 Å². The average Bonchev–Trinajstić information content (AvgIpc) is 2.07. The van der Waals surface area contributed by atoms with Gasteiger partial charge in [0.05, 0.1) is 7.11 Å². The minimum absolute atomic E-state index is 0.334. The lowest BCUT2D eigenvalue weighted by atomic mass is 10.3. The van der Waals surface area contributed by atoms with Crippen molar-refractivity contribution in [2.45, 2.75) is 4.90 Å². The van der Waals surface area contributed by atoms with Crippen molar-refractivity contribution in [2.24, 2.45) is 0 Å². The molecule has 1 aromatic rings. The van der Waals surface area contributed by atoms with Crippen LogP contribution in [0.4, 0.5) is 8.78 Å². The van der Waals surface area contributed by atoms with Gasteiger partial charge in [0.1, 0.15) is 10.6 Å². The summed E-state index contributed by atoms with van der Waals surface area (Å²) >= 11 is 0. The molecule has 0 amide bonds. The van der Waals surface area contributed by atoms with Gasteiger partial charge in [0.25, 0.3) is 9.05 Å². The molecule has 1 rings (SSSR count). The predicted octanol–water partition coefficient (Wildman–Crippen LogP) is 1.90. The first kappa shape index (κ1) is 11.2. The third kappa shape index (κ3) is 2.13. The molecule has 78 valence electrons. The molecule has 0 bridgehead atoms. The maximum Gasteiger partial charge on any atom is 0.265 e. The zero-order valence-electron chi connectivity index (χ0n) is 6.92. The van der Waals surface area contributed by atoms with Crippen LogP contribution in [0.5, 0.6) is 5.75 Å². The van der Waals surface area contributed by atoms with Crippen molar-refractivity contribution in [2.75, 3.05) is 7.11 Å². The number of rotatable bonds is 2. The highest BCUT2D eigenvalue weighted by Gasteiger charge is 2.20. The van der Waals surface area contributed by atoms with Crippen LogP contribution < -0.4 is 4.74 Å². The van der Waals surface area contributed by atoms with E-state index in [9.17, 15) is 17.2 Å². The van der Waals surface area contributed by atoms with Crippen molar-refractivity contribution < 1.29 is 21.9 Å². The van der Waals surface area contributed by atoms with Gasteiger partial charge >= 0.3 is 0 Å². The molecule has 0 fully saturated rings. The number of methoxy groups -OCH3 is 1. The molecule has 1 aromatic carbocycles. The molecule has 0 spiro atoms. The van der Waals surface area contributed by atoms with Gasteiger partial charge in [-0.25, -0.2) is 17.2 Å². The molecule has 14 heavy (non-hydrogen) atoms. The van der Waals surface area contributed by atoms with Crippen LogP contribution in [0.3, 0.4) is 0 Å². The van der Waals surface area contributed by atoms with Crippen LogP contribution in [-0.4, -0.2) is 15.5 Å². The Morgan fingerprint density at radius 2 is 1.79 bits per heavy atom.